The van der Waals surface area contributed by atoms with Crippen molar-refractivity contribution in [2.24, 2.45) is 0 Å². The number of hydrogen-bond donors (Lipinski definition) is 2. The van der Waals surface area contributed by atoms with Crippen molar-refractivity contribution in [1.82, 2.24) is 0 Å². The zero-order valence-electron chi connectivity index (χ0n) is 17.8. The number of rotatable bonds is 7. The quantitative estimate of drug-likeness (QED) is 0.419. The third-order valence-electron chi connectivity index (χ3n) is 4.55. The van der Waals surface area contributed by atoms with Crippen LogP contribution in [0.5, 0.6) is 5.75 Å². The van der Waals surface area contributed by atoms with E-state index in [-0.39, 0.29) is 16.9 Å². The highest BCUT2D eigenvalue weighted by atomic mass is 35.5. The van der Waals surface area contributed by atoms with Crippen LogP contribution in [0.4, 0.5) is 20.2 Å². The molecule has 0 radical (unpaired) electrons. The first-order chi connectivity index (χ1) is 16.8. The number of benzene rings is 3. The maximum absolute atomic E-state index is 14.4. The number of anilines is 2. The smallest absolute Gasteiger partial charge is 0.265 e. The lowest BCUT2D eigenvalue weighted by atomic mass is 10.2. The van der Waals surface area contributed by atoms with Gasteiger partial charge >= 0.3 is 0 Å². The second kappa shape index (κ2) is 10.2. The summed E-state index contributed by atoms with van der Waals surface area (Å²) in [6.45, 7) is 0. The molecule has 0 aromatic heterocycles. The van der Waals surface area contributed by atoms with Crippen LogP contribution in [0.25, 0.3) is 0 Å². The summed E-state index contributed by atoms with van der Waals surface area (Å²) in [5, 5.41) is 16.9. The SMILES string of the molecule is COc1ccc(S(=O)(=O)Nc2c(F)cc(C#N)cc2Cl)cc1S(=O)(=O)Nc1c(F)cc(C#N)cc1Cl. The van der Waals surface area contributed by atoms with Crippen LogP contribution >= 0.6 is 23.2 Å². The van der Waals surface area contributed by atoms with Crippen molar-refractivity contribution in [3.63, 3.8) is 0 Å². The maximum Gasteiger partial charge on any atom is 0.265 e. The minimum Gasteiger partial charge on any atom is -0.495 e. The van der Waals surface area contributed by atoms with Gasteiger partial charge in [0.15, 0.2) is 0 Å². The van der Waals surface area contributed by atoms with Crippen LogP contribution in [-0.2, 0) is 20.0 Å². The van der Waals surface area contributed by atoms with E-state index in [2.05, 4.69) is 0 Å². The Morgan fingerprint density at radius 3 is 1.69 bits per heavy atom. The van der Waals surface area contributed by atoms with Gasteiger partial charge in [-0.2, -0.15) is 10.5 Å². The number of nitrogens with zero attached hydrogens (tertiary/aromatic N) is 2. The van der Waals surface area contributed by atoms with E-state index in [1.54, 1.807) is 12.1 Å². The average Bonchev–Trinajstić information content (AvgIpc) is 2.82. The molecule has 0 aliphatic rings. The first-order valence-corrected chi connectivity index (χ1v) is 13.1. The van der Waals surface area contributed by atoms with E-state index in [0.717, 1.165) is 43.5 Å². The third kappa shape index (κ3) is 5.45. The number of nitrogens with one attached hydrogen (secondary N) is 2. The zero-order valence-corrected chi connectivity index (χ0v) is 21.0. The predicted molar refractivity (Wildman–Crippen MR) is 127 cm³/mol. The molecule has 3 rings (SSSR count). The van der Waals surface area contributed by atoms with Crippen LogP contribution < -0.4 is 14.2 Å². The normalized spacial score (nSPS) is 11.3. The molecule has 0 heterocycles. The second-order valence-corrected chi connectivity index (χ2v) is 11.0. The molecule has 0 bridgehead atoms. The highest BCUT2D eigenvalue weighted by Gasteiger charge is 2.27. The highest BCUT2D eigenvalue weighted by Crippen LogP contribution is 2.34. The van der Waals surface area contributed by atoms with Crippen molar-refractivity contribution in [1.29, 1.82) is 10.5 Å². The van der Waals surface area contributed by atoms with Crippen LogP contribution in [0.15, 0.2) is 52.3 Å². The molecule has 0 spiro atoms. The predicted octanol–water partition coefficient (Wildman–Crippen LogP) is 4.63. The van der Waals surface area contributed by atoms with Crippen molar-refractivity contribution in [3.05, 3.63) is 75.3 Å². The number of methoxy groups -OCH3 is 1. The van der Waals surface area contributed by atoms with E-state index < -0.39 is 62.9 Å². The van der Waals surface area contributed by atoms with Gasteiger partial charge in [-0.3, -0.25) is 9.44 Å². The lowest BCUT2D eigenvalue weighted by molar-refractivity contribution is 0.402. The molecule has 3 aromatic rings. The number of halogens is 4. The Bertz CT molecular complexity index is 1640. The van der Waals surface area contributed by atoms with Crippen molar-refractivity contribution < 1.29 is 30.4 Å². The van der Waals surface area contributed by atoms with Crippen LogP contribution in [0.2, 0.25) is 10.0 Å². The number of nitriles is 2. The molecular weight excluding hydrogens is 561 g/mol. The molecule has 3 aromatic carbocycles. The van der Waals surface area contributed by atoms with Gasteiger partial charge in [-0.15, -0.1) is 0 Å². The Labute approximate surface area is 214 Å². The second-order valence-electron chi connectivity index (χ2n) is 6.88. The summed E-state index contributed by atoms with van der Waals surface area (Å²) in [5.41, 5.74) is -1.67. The van der Waals surface area contributed by atoms with Gasteiger partial charge in [-0.1, -0.05) is 23.2 Å². The Balaban J connectivity index is 2.07. The summed E-state index contributed by atoms with van der Waals surface area (Å²) in [6.07, 6.45) is 0. The molecule has 2 N–H and O–H groups in total. The standard InChI is InChI=1S/C21H12Cl2F2N4O5S2/c1-34-18-3-2-13(35(30,31)28-20-14(22)4-11(9-26)6-16(20)24)8-19(18)36(32,33)29-21-15(23)5-12(10-27)7-17(21)25/h2-8,28-29H,1H3. The van der Waals surface area contributed by atoms with Gasteiger partial charge < -0.3 is 4.74 Å². The summed E-state index contributed by atoms with van der Waals surface area (Å²) in [4.78, 5) is -1.37. The van der Waals surface area contributed by atoms with E-state index in [1.807, 2.05) is 9.44 Å². The minimum absolute atomic E-state index is 0.155. The van der Waals surface area contributed by atoms with Crippen LogP contribution in [0.1, 0.15) is 11.1 Å². The molecule has 9 nitrogen and oxygen atoms in total. The van der Waals surface area contributed by atoms with Crippen LogP contribution in [0, 0.1) is 34.3 Å². The third-order valence-corrected chi connectivity index (χ3v) is 7.86. The fourth-order valence-electron chi connectivity index (χ4n) is 2.89. The van der Waals surface area contributed by atoms with Gasteiger partial charge in [-0.05, 0) is 42.5 Å². The lowest BCUT2D eigenvalue weighted by Gasteiger charge is -2.15. The zero-order chi connectivity index (χ0) is 26.8. The molecule has 0 saturated carbocycles. The van der Waals surface area contributed by atoms with Gasteiger partial charge in [0.25, 0.3) is 20.0 Å². The van der Waals surface area contributed by atoms with Gasteiger partial charge in [0, 0.05) is 0 Å². The summed E-state index contributed by atoms with van der Waals surface area (Å²) in [7, 11) is -8.22. The van der Waals surface area contributed by atoms with E-state index in [1.165, 1.54) is 0 Å². The van der Waals surface area contributed by atoms with E-state index in [0.29, 0.717) is 6.07 Å². The van der Waals surface area contributed by atoms with Gasteiger partial charge in [-0.25, -0.2) is 25.6 Å². The maximum atomic E-state index is 14.4. The van der Waals surface area contributed by atoms with Crippen molar-refractivity contribution >= 4 is 54.6 Å². The Morgan fingerprint density at radius 1 is 0.806 bits per heavy atom. The van der Waals surface area contributed by atoms with Crippen LogP contribution in [0.3, 0.4) is 0 Å². The summed E-state index contributed by atoms with van der Waals surface area (Å²) >= 11 is 11.8. The number of sulfonamides is 2. The molecule has 36 heavy (non-hydrogen) atoms. The fourth-order valence-corrected chi connectivity index (χ4v) is 5.98. The average molecular weight is 573 g/mol. The van der Waals surface area contributed by atoms with E-state index >= 15 is 0 Å². The monoisotopic (exact) mass is 572 g/mol. The van der Waals surface area contributed by atoms with Crippen molar-refractivity contribution in [2.45, 2.75) is 9.79 Å². The number of ether oxygens (including phenoxy) is 1. The van der Waals surface area contributed by atoms with Gasteiger partial charge in [0.1, 0.15) is 33.7 Å². The highest BCUT2D eigenvalue weighted by molar-refractivity contribution is 7.93. The molecule has 0 atom stereocenters. The van der Waals surface area contributed by atoms with Gasteiger partial charge in [0.2, 0.25) is 0 Å². The number of hydrogen-bond acceptors (Lipinski definition) is 7. The molecule has 0 saturated heterocycles. The lowest BCUT2D eigenvalue weighted by Crippen LogP contribution is -2.18. The van der Waals surface area contributed by atoms with Crippen LogP contribution in [-0.4, -0.2) is 23.9 Å². The minimum atomic E-state index is -4.71. The molecule has 186 valence electrons. The van der Waals surface area contributed by atoms with Gasteiger partial charge in [0.05, 0.1) is 45.3 Å². The van der Waals surface area contributed by atoms with Crippen molar-refractivity contribution in [3.8, 4) is 17.9 Å². The Hall–Kier alpha value is -3.62. The molecule has 0 amide bonds. The Kier molecular flexibility index (Phi) is 7.62. The van der Waals surface area contributed by atoms with Crippen molar-refractivity contribution in [2.75, 3.05) is 16.6 Å². The molecule has 0 fully saturated rings. The topological polar surface area (TPSA) is 149 Å². The molecule has 0 aliphatic heterocycles. The first kappa shape index (κ1) is 27.0. The summed E-state index contributed by atoms with van der Waals surface area (Å²) in [5.74, 6) is -2.61. The molecular formula is C21H12Cl2F2N4O5S2. The Morgan fingerprint density at radius 2 is 1.28 bits per heavy atom. The van der Waals surface area contributed by atoms with E-state index in [4.69, 9.17) is 38.5 Å². The molecule has 0 aliphatic carbocycles. The first-order valence-electron chi connectivity index (χ1n) is 9.35. The molecule has 0 unspecified atom stereocenters. The van der Waals surface area contributed by atoms with E-state index in [9.17, 15) is 25.6 Å². The largest absolute Gasteiger partial charge is 0.495 e. The fraction of sp³-hybridized carbons (Fsp3) is 0.0476. The summed E-state index contributed by atoms with van der Waals surface area (Å²) < 4.78 is 89.5. The summed E-state index contributed by atoms with van der Waals surface area (Å²) in [6, 6.07) is 9.57. The molecule has 15 heteroatoms.